The van der Waals surface area contributed by atoms with Crippen LogP contribution in [0.15, 0.2) is 48.5 Å². The number of likely N-dealkylation sites (tertiary alicyclic amines) is 1. The Labute approximate surface area is 166 Å². The first-order chi connectivity index (χ1) is 13.6. The van der Waals surface area contributed by atoms with Crippen molar-refractivity contribution in [3.05, 3.63) is 65.2 Å². The Kier molecular flexibility index (Phi) is 5.44. The Morgan fingerprint density at radius 3 is 2.50 bits per heavy atom. The predicted octanol–water partition coefficient (Wildman–Crippen LogP) is 3.16. The highest BCUT2D eigenvalue weighted by atomic mass is 16.2. The van der Waals surface area contributed by atoms with E-state index in [2.05, 4.69) is 34.5 Å². The molecule has 0 spiro atoms. The van der Waals surface area contributed by atoms with E-state index in [0.29, 0.717) is 18.7 Å². The molecule has 5 nitrogen and oxygen atoms in total. The van der Waals surface area contributed by atoms with E-state index >= 15 is 0 Å². The first-order valence-electron chi connectivity index (χ1n) is 10.1. The minimum absolute atomic E-state index is 0.0484. The minimum atomic E-state index is -0.0517. The van der Waals surface area contributed by atoms with Crippen LogP contribution < -0.4 is 10.2 Å². The number of nitrogens with one attached hydrogen (secondary N) is 1. The van der Waals surface area contributed by atoms with Gasteiger partial charge in [0.15, 0.2) is 0 Å². The number of amides is 2. The topological polar surface area (TPSA) is 52.7 Å². The monoisotopic (exact) mass is 377 g/mol. The molecular weight excluding hydrogens is 350 g/mol. The van der Waals surface area contributed by atoms with Crippen molar-refractivity contribution >= 4 is 17.5 Å². The Balaban J connectivity index is 1.46. The number of fused-ring (bicyclic) bond motifs is 1. The lowest BCUT2D eigenvalue weighted by Gasteiger charge is -2.28. The lowest BCUT2D eigenvalue weighted by molar-refractivity contribution is -0.116. The normalized spacial score (nSPS) is 17.4. The van der Waals surface area contributed by atoms with Crippen molar-refractivity contribution in [1.82, 2.24) is 10.2 Å². The standard InChI is InChI=1S/C23H27N3O2/c1-17(27)26-14-11-19-15-20(9-10-21(19)26)23(28)24-16-22(25-12-5-6-13-25)18-7-3-2-4-8-18/h2-4,7-10,15,22H,5-6,11-14,16H2,1H3,(H,24,28). The van der Waals surface area contributed by atoms with Gasteiger partial charge in [-0.1, -0.05) is 30.3 Å². The average molecular weight is 377 g/mol. The quantitative estimate of drug-likeness (QED) is 0.871. The van der Waals surface area contributed by atoms with Gasteiger partial charge in [0, 0.05) is 31.3 Å². The predicted molar refractivity (Wildman–Crippen MR) is 110 cm³/mol. The third-order valence-electron chi connectivity index (χ3n) is 5.84. The van der Waals surface area contributed by atoms with Crippen molar-refractivity contribution in [2.24, 2.45) is 0 Å². The van der Waals surface area contributed by atoms with E-state index in [0.717, 1.165) is 30.8 Å². The molecule has 0 radical (unpaired) electrons. The molecule has 2 aromatic rings. The van der Waals surface area contributed by atoms with Crippen LogP contribution in [-0.4, -0.2) is 42.9 Å². The van der Waals surface area contributed by atoms with Gasteiger partial charge in [-0.05, 0) is 61.7 Å². The number of nitrogens with zero attached hydrogens (tertiary/aromatic N) is 2. The number of carbonyl (C=O) groups is 2. The summed E-state index contributed by atoms with van der Waals surface area (Å²) in [4.78, 5) is 28.7. The fourth-order valence-electron chi connectivity index (χ4n) is 4.35. The van der Waals surface area contributed by atoms with Gasteiger partial charge in [0.2, 0.25) is 5.91 Å². The maximum atomic E-state index is 12.8. The molecule has 4 rings (SSSR count). The minimum Gasteiger partial charge on any atom is -0.350 e. The Bertz CT molecular complexity index is 859. The fraction of sp³-hybridized carbons (Fsp3) is 0.391. The van der Waals surface area contributed by atoms with E-state index in [4.69, 9.17) is 0 Å². The molecule has 1 fully saturated rings. The number of hydrogen-bond acceptors (Lipinski definition) is 3. The van der Waals surface area contributed by atoms with Gasteiger partial charge in [-0.3, -0.25) is 14.5 Å². The second kappa shape index (κ2) is 8.15. The molecule has 1 saturated heterocycles. The van der Waals surface area contributed by atoms with Crippen LogP contribution in [0.2, 0.25) is 0 Å². The van der Waals surface area contributed by atoms with Gasteiger partial charge >= 0.3 is 0 Å². The number of rotatable bonds is 5. The summed E-state index contributed by atoms with van der Waals surface area (Å²) in [5.74, 6) is -0.00327. The summed E-state index contributed by atoms with van der Waals surface area (Å²) in [5.41, 5.74) is 3.92. The van der Waals surface area contributed by atoms with E-state index in [1.54, 1.807) is 11.8 Å². The molecule has 5 heteroatoms. The van der Waals surface area contributed by atoms with Crippen LogP contribution >= 0.6 is 0 Å². The number of anilines is 1. The van der Waals surface area contributed by atoms with Gasteiger partial charge in [0.05, 0.1) is 6.04 Å². The van der Waals surface area contributed by atoms with Crippen molar-refractivity contribution in [3.63, 3.8) is 0 Å². The summed E-state index contributed by atoms with van der Waals surface area (Å²) in [6.07, 6.45) is 3.24. The highest BCUT2D eigenvalue weighted by Gasteiger charge is 2.25. The molecule has 1 N–H and O–H groups in total. The van der Waals surface area contributed by atoms with Gasteiger partial charge in [-0.15, -0.1) is 0 Å². The third-order valence-corrected chi connectivity index (χ3v) is 5.84. The first-order valence-corrected chi connectivity index (χ1v) is 10.1. The number of benzene rings is 2. The van der Waals surface area contributed by atoms with Crippen LogP contribution in [0.3, 0.4) is 0 Å². The molecule has 1 atom stereocenters. The maximum absolute atomic E-state index is 12.8. The molecule has 2 aliphatic rings. The number of hydrogen-bond donors (Lipinski definition) is 1. The highest BCUT2D eigenvalue weighted by Crippen LogP contribution is 2.29. The Hall–Kier alpha value is -2.66. The van der Waals surface area contributed by atoms with Crippen molar-refractivity contribution in [2.75, 3.05) is 31.1 Å². The zero-order chi connectivity index (χ0) is 19.5. The lowest BCUT2D eigenvalue weighted by atomic mass is 10.0. The third kappa shape index (κ3) is 3.80. The molecular formula is C23H27N3O2. The lowest BCUT2D eigenvalue weighted by Crippen LogP contribution is -2.36. The van der Waals surface area contributed by atoms with E-state index in [-0.39, 0.29) is 17.9 Å². The molecule has 0 saturated carbocycles. The fourth-order valence-corrected chi connectivity index (χ4v) is 4.35. The van der Waals surface area contributed by atoms with Gasteiger partial charge < -0.3 is 10.2 Å². The van der Waals surface area contributed by atoms with E-state index < -0.39 is 0 Å². The van der Waals surface area contributed by atoms with Gasteiger partial charge in [0.25, 0.3) is 5.91 Å². The van der Waals surface area contributed by atoms with E-state index in [1.807, 2.05) is 24.3 Å². The number of carbonyl (C=O) groups excluding carboxylic acids is 2. The van der Waals surface area contributed by atoms with Crippen molar-refractivity contribution in [3.8, 4) is 0 Å². The van der Waals surface area contributed by atoms with Gasteiger partial charge in [-0.2, -0.15) is 0 Å². The van der Waals surface area contributed by atoms with Crippen LogP contribution in [0.5, 0.6) is 0 Å². The van der Waals surface area contributed by atoms with Crippen LogP contribution in [0.4, 0.5) is 5.69 Å². The zero-order valence-electron chi connectivity index (χ0n) is 16.4. The summed E-state index contributed by atoms with van der Waals surface area (Å²) < 4.78 is 0. The smallest absolute Gasteiger partial charge is 0.251 e. The van der Waals surface area contributed by atoms with Crippen LogP contribution in [0.1, 0.15) is 47.3 Å². The SMILES string of the molecule is CC(=O)N1CCc2cc(C(=O)NCC(c3ccccc3)N3CCCC3)ccc21. The van der Waals surface area contributed by atoms with Gasteiger partial charge in [-0.25, -0.2) is 0 Å². The summed E-state index contributed by atoms with van der Waals surface area (Å²) >= 11 is 0. The molecule has 0 bridgehead atoms. The molecule has 2 amide bonds. The molecule has 28 heavy (non-hydrogen) atoms. The molecule has 2 aliphatic heterocycles. The van der Waals surface area contributed by atoms with Crippen molar-refractivity contribution < 1.29 is 9.59 Å². The molecule has 2 aromatic carbocycles. The molecule has 0 aliphatic carbocycles. The largest absolute Gasteiger partial charge is 0.350 e. The summed E-state index contributed by atoms with van der Waals surface area (Å²) in [5, 5.41) is 3.14. The Morgan fingerprint density at radius 1 is 1.04 bits per heavy atom. The second-order valence-electron chi connectivity index (χ2n) is 7.64. The molecule has 1 unspecified atom stereocenters. The first kappa shape index (κ1) is 18.7. The molecule has 146 valence electrons. The molecule has 2 heterocycles. The van der Waals surface area contributed by atoms with Crippen LogP contribution in [0, 0.1) is 0 Å². The maximum Gasteiger partial charge on any atom is 0.251 e. The summed E-state index contributed by atoms with van der Waals surface area (Å²) in [6.45, 7) is 5.03. The van der Waals surface area contributed by atoms with Crippen LogP contribution in [-0.2, 0) is 11.2 Å². The average Bonchev–Trinajstić information content (AvgIpc) is 3.38. The molecule has 0 aromatic heterocycles. The van der Waals surface area contributed by atoms with Gasteiger partial charge in [0.1, 0.15) is 0 Å². The van der Waals surface area contributed by atoms with Crippen molar-refractivity contribution in [2.45, 2.75) is 32.2 Å². The summed E-state index contributed by atoms with van der Waals surface area (Å²) in [7, 11) is 0. The Morgan fingerprint density at radius 2 is 1.79 bits per heavy atom. The van der Waals surface area contributed by atoms with E-state index in [1.165, 1.54) is 18.4 Å². The highest BCUT2D eigenvalue weighted by molar-refractivity contribution is 5.97. The van der Waals surface area contributed by atoms with E-state index in [9.17, 15) is 9.59 Å². The zero-order valence-corrected chi connectivity index (χ0v) is 16.4. The van der Waals surface area contributed by atoms with Crippen LogP contribution in [0.25, 0.3) is 0 Å². The summed E-state index contributed by atoms with van der Waals surface area (Å²) in [6, 6.07) is 16.3. The van der Waals surface area contributed by atoms with Crippen molar-refractivity contribution in [1.29, 1.82) is 0 Å². The second-order valence-corrected chi connectivity index (χ2v) is 7.64.